The van der Waals surface area contributed by atoms with Gasteiger partial charge in [0, 0.05) is 25.5 Å². The molecule has 1 heterocycles. The molecule has 114 valence electrons. The Balaban J connectivity index is 1.76. The van der Waals surface area contributed by atoms with Gasteiger partial charge in [0.2, 0.25) is 0 Å². The van der Waals surface area contributed by atoms with Crippen LogP contribution in [0.5, 0.6) is 0 Å². The third kappa shape index (κ3) is 5.74. The van der Waals surface area contributed by atoms with E-state index in [0.717, 1.165) is 26.1 Å². The molecule has 0 aliphatic carbocycles. The highest BCUT2D eigenvalue weighted by molar-refractivity contribution is 5.17. The molecular weight excluding hydrogens is 260 g/mol. The van der Waals surface area contributed by atoms with E-state index in [-0.39, 0.29) is 6.10 Å². The van der Waals surface area contributed by atoms with Crippen LogP contribution in [-0.4, -0.2) is 22.3 Å². The summed E-state index contributed by atoms with van der Waals surface area (Å²) in [5, 5.41) is 12.8. The zero-order valence-electron chi connectivity index (χ0n) is 13.0. The van der Waals surface area contributed by atoms with Crippen molar-refractivity contribution in [1.29, 1.82) is 0 Å². The van der Waals surface area contributed by atoms with Crippen molar-refractivity contribution in [2.75, 3.05) is 6.54 Å². The molecule has 0 radical (unpaired) electrons. The van der Waals surface area contributed by atoms with Gasteiger partial charge in [0.15, 0.2) is 0 Å². The van der Waals surface area contributed by atoms with E-state index in [0.29, 0.717) is 5.92 Å². The summed E-state index contributed by atoms with van der Waals surface area (Å²) in [6.45, 7) is 6.75. The van der Waals surface area contributed by atoms with Gasteiger partial charge in [0.05, 0.1) is 6.10 Å². The van der Waals surface area contributed by atoms with Gasteiger partial charge in [-0.3, -0.25) is 0 Å². The molecule has 2 unspecified atom stereocenters. The van der Waals surface area contributed by atoms with Crippen LogP contribution in [0.4, 0.5) is 0 Å². The van der Waals surface area contributed by atoms with Crippen LogP contribution in [0.1, 0.15) is 31.4 Å². The summed E-state index contributed by atoms with van der Waals surface area (Å²) in [4.78, 5) is 0. The van der Waals surface area contributed by atoms with E-state index in [9.17, 15) is 5.11 Å². The van der Waals surface area contributed by atoms with E-state index in [4.69, 9.17) is 0 Å². The first-order chi connectivity index (χ1) is 10.1. The van der Waals surface area contributed by atoms with E-state index in [1.165, 1.54) is 11.1 Å². The summed E-state index contributed by atoms with van der Waals surface area (Å²) in [7, 11) is 0. The SMILES string of the molecule is CC(O)CC(C)CNCc1ccn(Cc2ccccc2)c1. The quantitative estimate of drug-likeness (QED) is 0.782. The Morgan fingerprint density at radius 1 is 1.10 bits per heavy atom. The van der Waals surface area contributed by atoms with Crippen molar-refractivity contribution in [2.45, 2.75) is 39.5 Å². The summed E-state index contributed by atoms with van der Waals surface area (Å²) in [5.41, 5.74) is 2.62. The van der Waals surface area contributed by atoms with E-state index < -0.39 is 0 Å². The molecule has 3 nitrogen and oxygen atoms in total. The first-order valence-corrected chi connectivity index (χ1v) is 7.71. The molecule has 3 heteroatoms. The molecule has 1 aromatic heterocycles. The first-order valence-electron chi connectivity index (χ1n) is 7.71. The average Bonchev–Trinajstić information content (AvgIpc) is 2.86. The number of aliphatic hydroxyl groups excluding tert-OH is 1. The molecule has 21 heavy (non-hydrogen) atoms. The van der Waals surface area contributed by atoms with Gasteiger partial charge in [0.1, 0.15) is 0 Å². The van der Waals surface area contributed by atoms with Crippen molar-refractivity contribution in [2.24, 2.45) is 5.92 Å². The number of benzene rings is 1. The summed E-state index contributed by atoms with van der Waals surface area (Å²) in [6.07, 6.45) is 4.96. The standard InChI is InChI=1S/C18H26N2O/c1-15(10-16(2)21)11-19-12-18-8-9-20(14-18)13-17-6-4-3-5-7-17/h3-9,14-16,19,21H,10-13H2,1-2H3. The Kier molecular flexibility index (Phi) is 6.03. The molecule has 2 rings (SSSR count). The Morgan fingerprint density at radius 2 is 1.86 bits per heavy atom. The summed E-state index contributed by atoms with van der Waals surface area (Å²) < 4.78 is 2.21. The van der Waals surface area contributed by atoms with Gasteiger partial charge in [0.25, 0.3) is 0 Å². The lowest BCUT2D eigenvalue weighted by atomic mass is 10.0. The topological polar surface area (TPSA) is 37.2 Å². The first kappa shape index (κ1) is 15.8. The van der Waals surface area contributed by atoms with Crippen LogP contribution in [0.3, 0.4) is 0 Å². The van der Waals surface area contributed by atoms with E-state index in [1.807, 2.05) is 13.0 Å². The van der Waals surface area contributed by atoms with Crippen molar-refractivity contribution in [1.82, 2.24) is 9.88 Å². The Bertz CT molecular complexity index is 519. The molecule has 0 saturated heterocycles. The number of aromatic nitrogens is 1. The second-order valence-corrected chi connectivity index (χ2v) is 6.00. The fourth-order valence-corrected chi connectivity index (χ4v) is 2.62. The number of rotatable bonds is 8. The van der Waals surface area contributed by atoms with Gasteiger partial charge in [-0.2, -0.15) is 0 Å². The van der Waals surface area contributed by atoms with Crippen molar-refractivity contribution >= 4 is 0 Å². The predicted molar refractivity (Wildman–Crippen MR) is 87.1 cm³/mol. The molecule has 0 amide bonds. The molecule has 0 bridgehead atoms. The highest BCUT2D eigenvalue weighted by Crippen LogP contribution is 2.08. The van der Waals surface area contributed by atoms with Crippen LogP contribution >= 0.6 is 0 Å². The zero-order chi connectivity index (χ0) is 15.1. The monoisotopic (exact) mass is 286 g/mol. The smallest absolute Gasteiger partial charge is 0.0515 e. The normalized spacial score (nSPS) is 14.0. The molecule has 2 aromatic rings. The second-order valence-electron chi connectivity index (χ2n) is 6.00. The molecule has 0 fully saturated rings. The minimum Gasteiger partial charge on any atom is -0.393 e. The minimum absolute atomic E-state index is 0.214. The summed E-state index contributed by atoms with van der Waals surface area (Å²) in [5.74, 6) is 0.497. The molecule has 0 spiro atoms. The number of nitrogens with one attached hydrogen (secondary N) is 1. The Hall–Kier alpha value is -1.58. The lowest BCUT2D eigenvalue weighted by Crippen LogP contribution is -2.23. The molecular formula is C18H26N2O. The molecule has 2 atom stereocenters. The van der Waals surface area contributed by atoms with Gasteiger partial charge in [-0.25, -0.2) is 0 Å². The fourth-order valence-electron chi connectivity index (χ4n) is 2.62. The molecule has 0 saturated carbocycles. The third-order valence-electron chi connectivity index (χ3n) is 3.59. The summed E-state index contributed by atoms with van der Waals surface area (Å²) in [6, 6.07) is 12.7. The lowest BCUT2D eigenvalue weighted by molar-refractivity contribution is 0.163. The van der Waals surface area contributed by atoms with Crippen LogP contribution in [0.25, 0.3) is 0 Å². The lowest BCUT2D eigenvalue weighted by Gasteiger charge is -2.13. The second kappa shape index (κ2) is 8.01. The minimum atomic E-state index is -0.214. The van der Waals surface area contributed by atoms with Gasteiger partial charge >= 0.3 is 0 Å². The number of nitrogens with zero attached hydrogens (tertiary/aromatic N) is 1. The predicted octanol–water partition coefficient (Wildman–Crippen LogP) is 3.03. The maximum atomic E-state index is 9.35. The maximum absolute atomic E-state index is 9.35. The van der Waals surface area contributed by atoms with E-state index in [1.54, 1.807) is 0 Å². The number of aliphatic hydroxyl groups is 1. The summed E-state index contributed by atoms with van der Waals surface area (Å²) >= 11 is 0. The van der Waals surface area contributed by atoms with E-state index >= 15 is 0 Å². The van der Waals surface area contributed by atoms with Crippen LogP contribution < -0.4 is 5.32 Å². The molecule has 2 N–H and O–H groups in total. The van der Waals surface area contributed by atoms with Crippen molar-refractivity contribution in [3.63, 3.8) is 0 Å². The molecule has 0 aliphatic heterocycles. The Morgan fingerprint density at radius 3 is 2.57 bits per heavy atom. The fraction of sp³-hybridized carbons (Fsp3) is 0.444. The van der Waals surface area contributed by atoms with E-state index in [2.05, 4.69) is 59.5 Å². The van der Waals surface area contributed by atoms with Gasteiger partial charge in [-0.1, -0.05) is 37.3 Å². The van der Waals surface area contributed by atoms with Crippen molar-refractivity contribution in [3.8, 4) is 0 Å². The third-order valence-corrected chi connectivity index (χ3v) is 3.59. The zero-order valence-corrected chi connectivity index (χ0v) is 13.0. The number of hydrogen-bond donors (Lipinski definition) is 2. The largest absolute Gasteiger partial charge is 0.393 e. The van der Waals surface area contributed by atoms with Crippen LogP contribution in [0, 0.1) is 5.92 Å². The van der Waals surface area contributed by atoms with Crippen molar-refractivity contribution < 1.29 is 5.11 Å². The number of hydrogen-bond acceptors (Lipinski definition) is 2. The van der Waals surface area contributed by atoms with Gasteiger partial charge < -0.3 is 15.0 Å². The van der Waals surface area contributed by atoms with Crippen LogP contribution in [-0.2, 0) is 13.1 Å². The van der Waals surface area contributed by atoms with Crippen LogP contribution in [0.15, 0.2) is 48.8 Å². The highest BCUT2D eigenvalue weighted by atomic mass is 16.3. The van der Waals surface area contributed by atoms with Gasteiger partial charge in [-0.05, 0) is 43.0 Å². The van der Waals surface area contributed by atoms with Gasteiger partial charge in [-0.15, -0.1) is 0 Å². The Labute approximate surface area is 127 Å². The van der Waals surface area contributed by atoms with Crippen molar-refractivity contribution in [3.05, 3.63) is 59.9 Å². The molecule has 0 aliphatic rings. The molecule has 1 aromatic carbocycles. The average molecular weight is 286 g/mol. The maximum Gasteiger partial charge on any atom is 0.0515 e. The highest BCUT2D eigenvalue weighted by Gasteiger charge is 2.06. The van der Waals surface area contributed by atoms with Crippen LogP contribution in [0.2, 0.25) is 0 Å².